The fourth-order valence-electron chi connectivity index (χ4n) is 2.92. The number of carbonyl (C=O) groups excluding carboxylic acids is 1. The zero-order valence-electron chi connectivity index (χ0n) is 16.1. The van der Waals surface area contributed by atoms with Crippen LogP contribution in [0, 0.1) is 0 Å². The van der Waals surface area contributed by atoms with Gasteiger partial charge in [0, 0.05) is 16.3 Å². The van der Waals surface area contributed by atoms with Crippen molar-refractivity contribution in [2.24, 2.45) is 0 Å². The van der Waals surface area contributed by atoms with Gasteiger partial charge in [-0.1, -0.05) is 48.0 Å². The van der Waals surface area contributed by atoms with Gasteiger partial charge >= 0.3 is 0 Å². The molecule has 0 radical (unpaired) electrons. The van der Waals surface area contributed by atoms with Gasteiger partial charge in [-0.15, -0.1) is 11.3 Å². The van der Waals surface area contributed by atoms with Crippen molar-refractivity contribution < 1.29 is 13.9 Å². The van der Waals surface area contributed by atoms with Crippen LogP contribution in [-0.2, 0) is 13.0 Å². The molecule has 0 fully saturated rings. The van der Waals surface area contributed by atoms with Crippen molar-refractivity contribution in [3.05, 3.63) is 117 Å². The van der Waals surface area contributed by atoms with Crippen LogP contribution in [0.1, 0.15) is 31.6 Å². The molecular formula is C25H19ClO3S. The Morgan fingerprint density at radius 1 is 1.00 bits per heavy atom. The van der Waals surface area contributed by atoms with Gasteiger partial charge in [-0.3, -0.25) is 4.79 Å². The molecule has 4 rings (SSSR count). The van der Waals surface area contributed by atoms with Crippen molar-refractivity contribution in [2.75, 3.05) is 0 Å². The van der Waals surface area contributed by atoms with E-state index in [1.165, 1.54) is 16.9 Å². The molecule has 0 amide bonds. The van der Waals surface area contributed by atoms with Crippen LogP contribution in [0.15, 0.2) is 89.4 Å². The smallest absolute Gasteiger partial charge is 0.195 e. The van der Waals surface area contributed by atoms with Gasteiger partial charge in [0.15, 0.2) is 5.78 Å². The Kier molecular flexibility index (Phi) is 6.47. The van der Waals surface area contributed by atoms with E-state index in [-0.39, 0.29) is 12.4 Å². The average molecular weight is 435 g/mol. The molecule has 0 aliphatic carbocycles. The van der Waals surface area contributed by atoms with Gasteiger partial charge in [-0.25, -0.2) is 0 Å². The number of furan rings is 1. The Morgan fingerprint density at radius 2 is 1.87 bits per heavy atom. The SMILES string of the molecule is O=C(/C=C/c1ccc(COc2cccc(Cl)c2)o1)c1ccc(Cc2ccccc2)s1. The van der Waals surface area contributed by atoms with E-state index in [1.54, 1.807) is 24.3 Å². The number of halogens is 1. The Balaban J connectivity index is 1.33. The van der Waals surface area contributed by atoms with Crippen molar-refractivity contribution in [3.63, 3.8) is 0 Å². The number of rotatable bonds is 8. The third-order valence-corrected chi connectivity index (χ3v) is 5.72. The Morgan fingerprint density at radius 3 is 2.70 bits per heavy atom. The van der Waals surface area contributed by atoms with E-state index in [4.69, 9.17) is 20.8 Å². The molecule has 2 aromatic heterocycles. The number of ether oxygens (including phenoxy) is 1. The molecule has 0 spiro atoms. The summed E-state index contributed by atoms with van der Waals surface area (Å²) < 4.78 is 11.4. The normalized spacial score (nSPS) is 11.1. The fraction of sp³-hybridized carbons (Fsp3) is 0.0800. The molecule has 0 N–H and O–H groups in total. The summed E-state index contributed by atoms with van der Waals surface area (Å²) in [7, 11) is 0. The lowest BCUT2D eigenvalue weighted by Gasteiger charge is -2.03. The number of benzene rings is 2. The molecule has 0 saturated carbocycles. The van der Waals surface area contributed by atoms with Gasteiger partial charge in [0.1, 0.15) is 23.9 Å². The van der Waals surface area contributed by atoms with E-state index in [1.807, 2.05) is 54.6 Å². The third-order valence-electron chi connectivity index (χ3n) is 4.38. The molecule has 5 heteroatoms. The second-order valence-corrected chi connectivity index (χ2v) is 8.28. The molecule has 4 aromatic rings. The Hall–Kier alpha value is -3.08. The van der Waals surface area contributed by atoms with E-state index in [0.29, 0.717) is 27.2 Å². The van der Waals surface area contributed by atoms with Gasteiger partial charge in [-0.2, -0.15) is 0 Å². The van der Waals surface area contributed by atoms with E-state index < -0.39 is 0 Å². The first-order valence-corrected chi connectivity index (χ1v) is 10.7. The van der Waals surface area contributed by atoms with Crippen LogP contribution in [0.25, 0.3) is 6.08 Å². The average Bonchev–Trinajstić information content (AvgIpc) is 3.41. The van der Waals surface area contributed by atoms with Crippen LogP contribution in [0.4, 0.5) is 0 Å². The minimum atomic E-state index is -0.0348. The van der Waals surface area contributed by atoms with Crippen LogP contribution in [-0.4, -0.2) is 5.78 Å². The molecular weight excluding hydrogens is 416 g/mol. The quantitative estimate of drug-likeness (QED) is 0.220. The molecule has 0 aliphatic heterocycles. The summed E-state index contributed by atoms with van der Waals surface area (Å²) in [5.74, 6) is 1.92. The zero-order chi connectivity index (χ0) is 20.8. The molecule has 30 heavy (non-hydrogen) atoms. The van der Waals surface area contributed by atoms with Gasteiger partial charge < -0.3 is 9.15 Å². The highest BCUT2D eigenvalue weighted by molar-refractivity contribution is 7.14. The van der Waals surface area contributed by atoms with E-state index in [9.17, 15) is 4.79 Å². The number of hydrogen-bond acceptors (Lipinski definition) is 4. The Bertz CT molecular complexity index is 1160. The van der Waals surface area contributed by atoms with Crippen molar-refractivity contribution in [3.8, 4) is 5.75 Å². The van der Waals surface area contributed by atoms with E-state index in [2.05, 4.69) is 12.1 Å². The maximum Gasteiger partial charge on any atom is 0.195 e. The number of thiophene rings is 1. The summed E-state index contributed by atoms with van der Waals surface area (Å²) in [4.78, 5) is 14.4. The van der Waals surface area contributed by atoms with E-state index in [0.717, 1.165) is 11.3 Å². The van der Waals surface area contributed by atoms with Crippen molar-refractivity contribution in [2.45, 2.75) is 13.0 Å². The largest absolute Gasteiger partial charge is 0.486 e. The highest BCUT2D eigenvalue weighted by Crippen LogP contribution is 2.22. The summed E-state index contributed by atoms with van der Waals surface area (Å²) in [5, 5.41) is 0.620. The third kappa shape index (κ3) is 5.50. The first kappa shape index (κ1) is 20.2. The summed E-state index contributed by atoms with van der Waals surface area (Å²) in [6.45, 7) is 0.288. The van der Waals surface area contributed by atoms with Crippen molar-refractivity contribution in [1.29, 1.82) is 0 Å². The lowest BCUT2D eigenvalue weighted by Crippen LogP contribution is -1.93. The molecule has 0 bridgehead atoms. The molecule has 0 aliphatic rings. The van der Waals surface area contributed by atoms with Gasteiger partial charge in [0.2, 0.25) is 0 Å². The van der Waals surface area contributed by atoms with Crippen LogP contribution < -0.4 is 4.74 Å². The van der Waals surface area contributed by atoms with Crippen LogP contribution in [0.2, 0.25) is 5.02 Å². The first-order valence-electron chi connectivity index (χ1n) is 9.48. The molecule has 150 valence electrons. The summed E-state index contributed by atoms with van der Waals surface area (Å²) in [5.41, 5.74) is 1.23. The lowest BCUT2D eigenvalue weighted by atomic mass is 10.1. The van der Waals surface area contributed by atoms with Crippen LogP contribution in [0.5, 0.6) is 5.75 Å². The second-order valence-electron chi connectivity index (χ2n) is 6.68. The topological polar surface area (TPSA) is 39.4 Å². The highest BCUT2D eigenvalue weighted by Gasteiger charge is 2.08. The predicted octanol–water partition coefficient (Wildman–Crippen LogP) is 7.06. The summed E-state index contributed by atoms with van der Waals surface area (Å²) >= 11 is 7.47. The Labute approximate surface area is 184 Å². The zero-order valence-corrected chi connectivity index (χ0v) is 17.7. The molecule has 2 aromatic carbocycles. The van der Waals surface area contributed by atoms with Crippen LogP contribution in [0.3, 0.4) is 0 Å². The maximum atomic E-state index is 12.5. The monoisotopic (exact) mass is 434 g/mol. The summed E-state index contributed by atoms with van der Waals surface area (Å²) in [6, 6.07) is 25.0. The summed E-state index contributed by atoms with van der Waals surface area (Å²) in [6.07, 6.45) is 4.05. The minimum absolute atomic E-state index is 0.0348. The number of carbonyl (C=O) groups is 1. The van der Waals surface area contributed by atoms with Crippen molar-refractivity contribution >= 4 is 34.8 Å². The van der Waals surface area contributed by atoms with Gasteiger partial charge in [-0.05, 0) is 60.2 Å². The predicted molar refractivity (Wildman–Crippen MR) is 121 cm³/mol. The second kappa shape index (κ2) is 9.61. The van der Waals surface area contributed by atoms with Crippen molar-refractivity contribution in [1.82, 2.24) is 0 Å². The first-order chi connectivity index (χ1) is 14.7. The highest BCUT2D eigenvalue weighted by atomic mass is 35.5. The minimum Gasteiger partial charge on any atom is -0.486 e. The number of allylic oxidation sites excluding steroid dienone is 1. The molecule has 3 nitrogen and oxygen atoms in total. The lowest BCUT2D eigenvalue weighted by molar-refractivity contribution is 0.105. The number of hydrogen-bond donors (Lipinski definition) is 0. The van der Waals surface area contributed by atoms with Crippen LogP contribution >= 0.6 is 22.9 Å². The van der Waals surface area contributed by atoms with Gasteiger partial charge in [0.25, 0.3) is 0 Å². The standard InChI is InChI=1S/C25H19ClO3S/c26-19-7-4-8-21(16-19)28-17-22-10-9-20(29-22)11-13-24(27)25-14-12-23(30-25)15-18-5-2-1-3-6-18/h1-14,16H,15,17H2/b13-11+. The molecule has 0 atom stereocenters. The molecule has 2 heterocycles. The molecule has 0 saturated heterocycles. The molecule has 0 unspecified atom stereocenters. The number of ketones is 1. The fourth-order valence-corrected chi connectivity index (χ4v) is 4.06. The van der Waals surface area contributed by atoms with Gasteiger partial charge in [0.05, 0.1) is 4.88 Å². The van der Waals surface area contributed by atoms with E-state index >= 15 is 0 Å². The maximum absolute atomic E-state index is 12.5.